The molecule has 0 bridgehead atoms. The second kappa shape index (κ2) is 10.8. The Labute approximate surface area is 202 Å². The van der Waals surface area contributed by atoms with Crippen molar-refractivity contribution in [2.24, 2.45) is 5.10 Å². The number of carboxylic acids is 2. The number of hydrogen-bond donors (Lipinski definition) is 3. The van der Waals surface area contributed by atoms with E-state index in [1.165, 1.54) is 25.5 Å². The molecule has 0 saturated heterocycles. The van der Waals surface area contributed by atoms with Gasteiger partial charge in [0.15, 0.2) is 11.5 Å². The van der Waals surface area contributed by atoms with Gasteiger partial charge >= 0.3 is 11.9 Å². The summed E-state index contributed by atoms with van der Waals surface area (Å²) in [5.74, 6) is -1.54. The lowest BCUT2D eigenvalue weighted by Gasteiger charge is -2.14. The highest BCUT2D eigenvalue weighted by molar-refractivity contribution is 9.10. The molecule has 0 heterocycles. The Hall–Kier alpha value is -3.56. The van der Waals surface area contributed by atoms with Crippen LogP contribution in [0.3, 0.4) is 0 Å². The molecule has 33 heavy (non-hydrogen) atoms. The first-order valence-electron chi connectivity index (χ1n) is 9.43. The number of halogens is 2. The monoisotopic (exact) mass is 532 g/mol. The maximum absolute atomic E-state index is 11.2. The highest BCUT2D eigenvalue weighted by Crippen LogP contribution is 2.37. The number of ether oxygens (including phenoxy) is 2. The lowest BCUT2D eigenvalue weighted by Crippen LogP contribution is -2.04. The molecule has 10 heteroatoms. The molecule has 3 aromatic carbocycles. The first-order chi connectivity index (χ1) is 15.8. The van der Waals surface area contributed by atoms with Crippen molar-refractivity contribution in [2.75, 3.05) is 12.5 Å². The van der Waals surface area contributed by atoms with Gasteiger partial charge in [-0.05, 0) is 57.9 Å². The van der Waals surface area contributed by atoms with Crippen LogP contribution in [-0.2, 0) is 6.61 Å². The molecule has 0 saturated carbocycles. The van der Waals surface area contributed by atoms with Crippen molar-refractivity contribution in [3.05, 3.63) is 86.3 Å². The average Bonchev–Trinajstić information content (AvgIpc) is 2.78. The highest BCUT2D eigenvalue weighted by atomic mass is 79.9. The fraction of sp³-hybridized carbons (Fsp3) is 0.0870. The first-order valence-corrected chi connectivity index (χ1v) is 10.6. The van der Waals surface area contributed by atoms with E-state index in [-0.39, 0.29) is 23.4 Å². The van der Waals surface area contributed by atoms with Crippen molar-refractivity contribution < 1.29 is 29.3 Å². The number of methoxy groups -OCH3 is 1. The van der Waals surface area contributed by atoms with Gasteiger partial charge in [-0.25, -0.2) is 9.59 Å². The summed E-state index contributed by atoms with van der Waals surface area (Å²) in [6.07, 6.45) is 1.47. The maximum Gasteiger partial charge on any atom is 0.335 e. The van der Waals surface area contributed by atoms with Crippen LogP contribution in [0.5, 0.6) is 11.5 Å². The molecular formula is C23H18BrClN2O6. The van der Waals surface area contributed by atoms with E-state index in [9.17, 15) is 9.59 Å². The molecule has 0 spiro atoms. The van der Waals surface area contributed by atoms with Crippen LogP contribution in [0, 0.1) is 0 Å². The van der Waals surface area contributed by atoms with E-state index in [0.29, 0.717) is 26.6 Å². The van der Waals surface area contributed by atoms with Gasteiger partial charge in [0.25, 0.3) is 0 Å². The molecule has 0 atom stereocenters. The number of nitrogens with zero attached hydrogens (tertiary/aromatic N) is 1. The lowest BCUT2D eigenvalue weighted by atomic mass is 10.1. The molecule has 0 amide bonds. The summed E-state index contributed by atoms with van der Waals surface area (Å²) < 4.78 is 12.0. The Balaban J connectivity index is 1.78. The van der Waals surface area contributed by atoms with Gasteiger partial charge < -0.3 is 19.7 Å². The molecule has 0 aliphatic heterocycles. The summed E-state index contributed by atoms with van der Waals surface area (Å²) in [5, 5.41) is 23.0. The van der Waals surface area contributed by atoms with Crippen LogP contribution in [-0.4, -0.2) is 35.5 Å². The van der Waals surface area contributed by atoms with Gasteiger partial charge in [0.05, 0.1) is 34.6 Å². The predicted molar refractivity (Wildman–Crippen MR) is 128 cm³/mol. The molecule has 3 aromatic rings. The third-order valence-electron chi connectivity index (χ3n) is 4.42. The number of carboxylic acid groups (broad SMARTS) is 2. The summed E-state index contributed by atoms with van der Waals surface area (Å²) in [4.78, 5) is 22.5. The SMILES string of the molecule is COc1cc(C=NNc2cc(C(=O)O)cc(C(=O)O)c2)cc(Br)c1OCc1ccccc1Cl. The third-order valence-corrected chi connectivity index (χ3v) is 5.37. The van der Waals surface area contributed by atoms with Crippen molar-refractivity contribution in [3.8, 4) is 11.5 Å². The highest BCUT2D eigenvalue weighted by Gasteiger charge is 2.13. The Morgan fingerprint density at radius 3 is 2.36 bits per heavy atom. The van der Waals surface area contributed by atoms with E-state index in [0.717, 1.165) is 11.6 Å². The quantitative estimate of drug-likeness (QED) is 0.244. The number of carbonyl (C=O) groups is 2. The van der Waals surface area contributed by atoms with E-state index < -0.39 is 11.9 Å². The molecule has 8 nitrogen and oxygen atoms in total. The Kier molecular flexibility index (Phi) is 7.92. The topological polar surface area (TPSA) is 117 Å². The van der Waals surface area contributed by atoms with Crippen molar-refractivity contribution in [2.45, 2.75) is 6.61 Å². The minimum atomic E-state index is -1.24. The molecule has 0 aliphatic carbocycles. The number of hydrazone groups is 1. The summed E-state index contributed by atoms with van der Waals surface area (Å²) in [6, 6.07) is 14.5. The van der Waals surface area contributed by atoms with Crippen LogP contribution >= 0.6 is 27.5 Å². The predicted octanol–water partition coefficient (Wildman–Crippen LogP) is 5.53. The fourth-order valence-corrected chi connectivity index (χ4v) is 3.60. The summed E-state index contributed by atoms with van der Waals surface area (Å²) in [7, 11) is 1.51. The van der Waals surface area contributed by atoms with Gasteiger partial charge in [0.1, 0.15) is 6.61 Å². The lowest BCUT2D eigenvalue weighted by molar-refractivity contribution is 0.0696. The van der Waals surface area contributed by atoms with E-state index in [2.05, 4.69) is 26.5 Å². The summed E-state index contributed by atoms with van der Waals surface area (Å²) in [5.41, 5.74) is 4.00. The summed E-state index contributed by atoms with van der Waals surface area (Å²) >= 11 is 9.65. The number of benzene rings is 3. The van der Waals surface area contributed by atoms with E-state index in [1.807, 2.05) is 18.2 Å². The number of rotatable bonds is 9. The zero-order valence-corrected chi connectivity index (χ0v) is 19.6. The zero-order chi connectivity index (χ0) is 24.0. The molecular weight excluding hydrogens is 516 g/mol. The Morgan fingerprint density at radius 1 is 1.09 bits per heavy atom. The molecule has 170 valence electrons. The van der Waals surface area contributed by atoms with Gasteiger partial charge in [0.2, 0.25) is 0 Å². The molecule has 0 radical (unpaired) electrons. The van der Waals surface area contributed by atoms with Crippen LogP contribution in [0.2, 0.25) is 5.02 Å². The third kappa shape index (κ3) is 6.24. The smallest absolute Gasteiger partial charge is 0.335 e. The average molecular weight is 534 g/mol. The Bertz CT molecular complexity index is 1200. The second-order valence-electron chi connectivity index (χ2n) is 6.69. The normalized spacial score (nSPS) is 10.8. The van der Waals surface area contributed by atoms with Crippen molar-refractivity contribution in [3.63, 3.8) is 0 Å². The fourth-order valence-electron chi connectivity index (χ4n) is 2.84. The minimum absolute atomic E-state index is 0.169. The largest absolute Gasteiger partial charge is 0.493 e. The van der Waals surface area contributed by atoms with Gasteiger partial charge in [-0.15, -0.1) is 0 Å². The second-order valence-corrected chi connectivity index (χ2v) is 7.96. The molecule has 0 unspecified atom stereocenters. The standard InChI is InChI=1S/C23H18BrClN2O6/c1-32-20-7-13(6-18(24)21(20)33-12-14-4-2-3-5-19(14)25)11-26-27-17-9-15(22(28)29)8-16(10-17)23(30)31/h2-11,27H,12H2,1H3,(H,28,29)(H,30,31). The van der Waals surface area contributed by atoms with E-state index in [1.54, 1.807) is 18.2 Å². The van der Waals surface area contributed by atoms with Gasteiger partial charge in [0, 0.05) is 10.6 Å². The van der Waals surface area contributed by atoms with E-state index in [4.69, 9.17) is 31.3 Å². The first kappa shape index (κ1) is 24.1. The van der Waals surface area contributed by atoms with Crippen LogP contribution < -0.4 is 14.9 Å². The van der Waals surface area contributed by atoms with Crippen molar-refractivity contribution >= 4 is 51.4 Å². The summed E-state index contributed by atoms with van der Waals surface area (Å²) in [6.45, 7) is 0.245. The molecule has 0 fully saturated rings. The van der Waals surface area contributed by atoms with E-state index >= 15 is 0 Å². The van der Waals surface area contributed by atoms with Crippen molar-refractivity contribution in [1.29, 1.82) is 0 Å². The van der Waals surface area contributed by atoms with Gasteiger partial charge in [-0.3, -0.25) is 5.43 Å². The minimum Gasteiger partial charge on any atom is -0.493 e. The van der Waals surface area contributed by atoms with Crippen LogP contribution in [0.25, 0.3) is 0 Å². The van der Waals surface area contributed by atoms with Gasteiger partial charge in [-0.1, -0.05) is 29.8 Å². The van der Waals surface area contributed by atoms with Crippen LogP contribution in [0.15, 0.2) is 64.2 Å². The van der Waals surface area contributed by atoms with Crippen LogP contribution in [0.4, 0.5) is 5.69 Å². The molecule has 0 aromatic heterocycles. The number of anilines is 1. The number of nitrogens with one attached hydrogen (secondary N) is 1. The number of hydrogen-bond acceptors (Lipinski definition) is 6. The molecule has 3 rings (SSSR count). The molecule has 0 aliphatic rings. The molecule has 3 N–H and O–H groups in total. The zero-order valence-electron chi connectivity index (χ0n) is 17.2. The van der Waals surface area contributed by atoms with Gasteiger partial charge in [-0.2, -0.15) is 5.10 Å². The number of aromatic carboxylic acids is 2. The van der Waals surface area contributed by atoms with Crippen molar-refractivity contribution in [1.82, 2.24) is 0 Å². The Morgan fingerprint density at radius 2 is 1.76 bits per heavy atom. The van der Waals surface area contributed by atoms with Crippen LogP contribution in [0.1, 0.15) is 31.8 Å². The maximum atomic E-state index is 11.2.